The van der Waals surface area contributed by atoms with Crippen molar-refractivity contribution in [2.24, 2.45) is 5.41 Å². The van der Waals surface area contributed by atoms with Gasteiger partial charge in [-0.05, 0) is 61.6 Å². The molecule has 0 unspecified atom stereocenters. The summed E-state index contributed by atoms with van der Waals surface area (Å²) in [6.45, 7) is 12.9. The maximum absolute atomic E-state index is 5.58. The summed E-state index contributed by atoms with van der Waals surface area (Å²) in [5.74, 6) is 1.71. The second-order valence-electron chi connectivity index (χ2n) is 8.73. The van der Waals surface area contributed by atoms with Crippen molar-refractivity contribution >= 4 is 5.69 Å². The van der Waals surface area contributed by atoms with Crippen LogP contribution in [0.25, 0.3) is 0 Å². The van der Waals surface area contributed by atoms with Crippen LogP contribution in [0.15, 0.2) is 18.2 Å². The molecule has 0 aromatic heterocycles. The summed E-state index contributed by atoms with van der Waals surface area (Å²) in [6.07, 6.45) is 9.40. The fraction of sp³-hybridized carbons (Fsp3) is 0.750. The van der Waals surface area contributed by atoms with Gasteiger partial charge in [-0.3, -0.25) is 4.90 Å². The highest BCUT2D eigenvalue weighted by atomic mass is 16.5. The molecule has 2 aliphatic rings. The van der Waals surface area contributed by atoms with Gasteiger partial charge in [-0.2, -0.15) is 0 Å². The van der Waals surface area contributed by atoms with Gasteiger partial charge in [0.1, 0.15) is 5.75 Å². The van der Waals surface area contributed by atoms with E-state index in [-0.39, 0.29) is 0 Å². The van der Waals surface area contributed by atoms with E-state index in [1.54, 1.807) is 12.7 Å². The Labute approximate surface area is 167 Å². The molecule has 0 atom stereocenters. The van der Waals surface area contributed by atoms with Crippen LogP contribution < -0.4 is 9.64 Å². The predicted octanol–water partition coefficient (Wildman–Crippen LogP) is 5.69. The van der Waals surface area contributed by atoms with Gasteiger partial charge in [-0.25, -0.2) is 0 Å². The number of hydrogen-bond acceptors (Lipinski definition) is 3. The maximum atomic E-state index is 5.58. The summed E-state index contributed by atoms with van der Waals surface area (Å²) in [7, 11) is 1.79. The monoisotopic (exact) mass is 372 g/mol. The van der Waals surface area contributed by atoms with Gasteiger partial charge in [0.2, 0.25) is 0 Å². The van der Waals surface area contributed by atoms with Crippen molar-refractivity contribution in [2.75, 3.05) is 44.7 Å². The average Bonchev–Trinajstić information content (AvgIpc) is 2.74. The van der Waals surface area contributed by atoms with Crippen molar-refractivity contribution in [1.29, 1.82) is 0 Å². The van der Waals surface area contributed by atoms with Crippen LogP contribution in [0.5, 0.6) is 5.75 Å². The van der Waals surface area contributed by atoms with Crippen LogP contribution in [0.2, 0.25) is 0 Å². The third kappa shape index (κ3) is 4.62. The molecule has 2 fully saturated rings. The Morgan fingerprint density at radius 3 is 2.22 bits per heavy atom. The van der Waals surface area contributed by atoms with E-state index in [1.165, 1.54) is 70.3 Å². The molecule has 0 spiro atoms. The zero-order valence-corrected chi connectivity index (χ0v) is 18.1. The lowest BCUT2D eigenvalue weighted by atomic mass is 9.66. The highest BCUT2D eigenvalue weighted by Gasteiger charge is 2.34. The first kappa shape index (κ1) is 20.5. The molecule has 3 heteroatoms. The highest BCUT2D eigenvalue weighted by molar-refractivity contribution is 5.59. The van der Waals surface area contributed by atoms with E-state index in [4.69, 9.17) is 4.74 Å². The predicted molar refractivity (Wildman–Crippen MR) is 116 cm³/mol. The Hall–Kier alpha value is -1.22. The van der Waals surface area contributed by atoms with Gasteiger partial charge in [0.05, 0.1) is 7.11 Å². The van der Waals surface area contributed by atoms with E-state index >= 15 is 0 Å². The number of methoxy groups -OCH3 is 1. The van der Waals surface area contributed by atoms with Crippen molar-refractivity contribution in [3.63, 3.8) is 0 Å². The smallest absolute Gasteiger partial charge is 0.120 e. The lowest BCUT2D eigenvalue weighted by Gasteiger charge is -2.41. The number of piperazine rings is 1. The number of anilines is 1. The van der Waals surface area contributed by atoms with Gasteiger partial charge in [-0.1, -0.05) is 39.7 Å². The Morgan fingerprint density at radius 2 is 1.67 bits per heavy atom. The minimum Gasteiger partial charge on any atom is -0.497 e. The molecule has 1 aromatic rings. The fourth-order valence-electron chi connectivity index (χ4n) is 5.30. The summed E-state index contributed by atoms with van der Waals surface area (Å²) in [5, 5.41) is 0. The van der Waals surface area contributed by atoms with Gasteiger partial charge in [0.15, 0.2) is 0 Å². The van der Waals surface area contributed by atoms with Crippen LogP contribution >= 0.6 is 0 Å². The third-order valence-corrected chi connectivity index (χ3v) is 7.48. The van der Waals surface area contributed by atoms with E-state index in [0.717, 1.165) is 18.8 Å². The van der Waals surface area contributed by atoms with Gasteiger partial charge < -0.3 is 9.64 Å². The third-order valence-electron chi connectivity index (χ3n) is 7.48. The normalized spacial score (nSPS) is 21.4. The lowest BCUT2D eigenvalue weighted by molar-refractivity contribution is 0.159. The fourth-order valence-corrected chi connectivity index (χ4v) is 5.30. The van der Waals surface area contributed by atoms with Crippen LogP contribution in [-0.4, -0.2) is 44.7 Å². The molecule has 1 aromatic carbocycles. The summed E-state index contributed by atoms with van der Waals surface area (Å²) in [4.78, 5) is 5.22. The first-order valence-corrected chi connectivity index (χ1v) is 11.3. The molecule has 1 aliphatic heterocycles. The molecule has 1 saturated heterocycles. The first-order valence-electron chi connectivity index (χ1n) is 11.3. The molecule has 1 aliphatic carbocycles. The molecule has 3 rings (SSSR count). The Kier molecular flexibility index (Phi) is 7.08. The second kappa shape index (κ2) is 9.32. The summed E-state index contributed by atoms with van der Waals surface area (Å²) in [6, 6.07) is 6.84. The molecular formula is C24H40N2O. The van der Waals surface area contributed by atoms with Crippen molar-refractivity contribution in [2.45, 2.75) is 71.6 Å². The van der Waals surface area contributed by atoms with Crippen molar-refractivity contribution in [3.8, 4) is 5.75 Å². The van der Waals surface area contributed by atoms with Gasteiger partial charge in [-0.15, -0.1) is 0 Å². The van der Waals surface area contributed by atoms with E-state index in [1.807, 2.05) is 0 Å². The molecule has 1 saturated carbocycles. The van der Waals surface area contributed by atoms with Crippen LogP contribution in [0.1, 0.15) is 77.2 Å². The van der Waals surface area contributed by atoms with Gasteiger partial charge in [0.25, 0.3) is 0 Å². The Balaban J connectivity index is 1.76. The van der Waals surface area contributed by atoms with Crippen LogP contribution in [0.4, 0.5) is 5.69 Å². The topological polar surface area (TPSA) is 15.7 Å². The second-order valence-corrected chi connectivity index (χ2v) is 8.73. The minimum absolute atomic E-state index is 0.606. The number of ether oxygens (including phenoxy) is 1. The number of rotatable bonds is 7. The molecule has 3 nitrogen and oxygen atoms in total. The number of hydrogen-bond donors (Lipinski definition) is 0. The minimum atomic E-state index is 0.606. The largest absolute Gasteiger partial charge is 0.497 e. The van der Waals surface area contributed by atoms with Gasteiger partial charge >= 0.3 is 0 Å². The zero-order chi connectivity index (χ0) is 19.3. The maximum Gasteiger partial charge on any atom is 0.120 e. The number of benzene rings is 1. The Morgan fingerprint density at radius 1 is 1.00 bits per heavy atom. The molecule has 27 heavy (non-hydrogen) atoms. The highest BCUT2D eigenvalue weighted by Crippen LogP contribution is 2.48. The van der Waals surface area contributed by atoms with Crippen LogP contribution in [0.3, 0.4) is 0 Å². The van der Waals surface area contributed by atoms with Crippen LogP contribution in [-0.2, 0) is 0 Å². The first-order chi connectivity index (χ1) is 13.1. The SMILES string of the molecule is CCCN1CCN(c2cc(OC)ccc2C2CCC(CC)(CC)CC2)CC1. The molecule has 0 radical (unpaired) electrons. The van der Waals surface area contributed by atoms with E-state index in [0.29, 0.717) is 11.3 Å². The quantitative estimate of drug-likeness (QED) is 0.611. The molecular weight excluding hydrogens is 332 g/mol. The average molecular weight is 373 g/mol. The van der Waals surface area contributed by atoms with Gasteiger partial charge in [0, 0.05) is 37.9 Å². The lowest BCUT2D eigenvalue weighted by Crippen LogP contribution is -2.47. The number of nitrogens with zero attached hydrogens (tertiary/aromatic N) is 2. The molecule has 152 valence electrons. The summed E-state index contributed by atoms with van der Waals surface area (Å²) < 4.78 is 5.58. The summed E-state index contributed by atoms with van der Waals surface area (Å²) >= 11 is 0. The zero-order valence-electron chi connectivity index (χ0n) is 18.1. The van der Waals surface area contributed by atoms with E-state index in [2.05, 4.69) is 48.8 Å². The van der Waals surface area contributed by atoms with E-state index in [9.17, 15) is 0 Å². The van der Waals surface area contributed by atoms with Crippen LogP contribution in [0, 0.1) is 5.41 Å². The summed E-state index contributed by atoms with van der Waals surface area (Å²) in [5.41, 5.74) is 3.62. The van der Waals surface area contributed by atoms with Crippen molar-refractivity contribution in [1.82, 2.24) is 4.90 Å². The molecule has 0 N–H and O–H groups in total. The standard InChI is InChI=1S/C24H40N2O/c1-5-14-25-15-17-26(18-16-25)23-19-21(27-4)8-9-22(23)20-10-12-24(6-2,7-3)13-11-20/h8-9,19-20H,5-7,10-18H2,1-4H3. The van der Waals surface area contributed by atoms with Crippen molar-refractivity contribution < 1.29 is 4.74 Å². The molecule has 0 amide bonds. The van der Waals surface area contributed by atoms with Crippen molar-refractivity contribution in [3.05, 3.63) is 23.8 Å². The molecule has 0 bridgehead atoms. The Bertz CT molecular complexity index is 578. The molecule has 1 heterocycles. The van der Waals surface area contributed by atoms with E-state index < -0.39 is 0 Å².